The van der Waals surface area contributed by atoms with Crippen molar-refractivity contribution in [2.75, 3.05) is 26.4 Å². The number of unbranched alkanes of at least 4 members (excludes halogenated alkanes) is 21. The Morgan fingerprint density at radius 3 is 1.26 bits per heavy atom. The Bertz CT molecular complexity index is 1340. The van der Waals surface area contributed by atoms with Crippen molar-refractivity contribution in [2.24, 2.45) is 5.73 Å². The van der Waals surface area contributed by atoms with Gasteiger partial charge in [-0.25, -0.2) is 4.57 Å². The number of carbonyl (C=O) groups is 2. The molecule has 9 nitrogen and oxygen atoms in total. The van der Waals surface area contributed by atoms with Gasteiger partial charge >= 0.3 is 19.8 Å². The van der Waals surface area contributed by atoms with Crippen LogP contribution in [0.15, 0.2) is 85.1 Å². The summed E-state index contributed by atoms with van der Waals surface area (Å²) < 4.78 is 32.9. The summed E-state index contributed by atoms with van der Waals surface area (Å²) in [5.41, 5.74) is 5.36. The van der Waals surface area contributed by atoms with Crippen LogP contribution in [0.4, 0.5) is 0 Å². The number of nitrogens with two attached hydrogens (primary N) is 1. The fourth-order valence-corrected chi connectivity index (χ4v) is 7.73. The summed E-state index contributed by atoms with van der Waals surface area (Å²) in [6, 6.07) is 0. The lowest BCUT2D eigenvalue weighted by Gasteiger charge is -2.19. The van der Waals surface area contributed by atoms with Crippen LogP contribution >= 0.6 is 7.82 Å². The van der Waals surface area contributed by atoms with E-state index in [2.05, 4.69) is 98.9 Å². The lowest BCUT2D eigenvalue weighted by Crippen LogP contribution is -2.29. The number of hydrogen-bond acceptors (Lipinski definition) is 8. The maximum atomic E-state index is 12.6. The van der Waals surface area contributed by atoms with Crippen LogP contribution in [0.5, 0.6) is 0 Å². The van der Waals surface area contributed by atoms with Gasteiger partial charge in [0.25, 0.3) is 0 Å². The highest BCUT2D eigenvalue weighted by molar-refractivity contribution is 7.47. The van der Waals surface area contributed by atoms with E-state index in [9.17, 15) is 19.0 Å². The normalized spacial score (nSPS) is 13.8. The van der Waals surface area contributed by atoms with Crippen molar-refractivity contribution in [3.8, 4) is 0 Å². The Morgan fingerprint density at radius 1 is 0.477 bits per heavy atom. The monoisotopic (exact) mass is 930 g/mol. The summed E-state index contributed by atoms with van der Waals surface area (Å²) in [7, 11) is -4.38. The topological polar surface area (TPSA) is 134 Å². The predicted molar refractivity (Wildman–Crippen MR) is 275 cm³/mol. The molecule has 2 atom stereocenters. The Balaban J connectivity index is 3.95. The second-order valence-electron chi connectivity index (χ2n) is 17.0. The van der Waals surface area contributed by atoms with Crippen molar-refractivity contribution >= 4 is 19.8 Å². The number of esters is 2. The number of phosphoric ester groups is 1. The van der Waals surface area contributed by atoms with Crippen LogP contribution in [0, 0.1) is 0 Å². The first-order chi connectivity index (χ1) is 31.8. The van der Waals surface area contributed by atoms with Crippen LogP contribution in [0.3, 0.4) is 0 Å². The largest absolute Gasteiger partial charge is 0.472 e. The molecule has 0 bridgehead atoms. The molecule has 0 saturated carbocycles. The molecule has 3 N–H and O–H groups in total. The van der Waals surface area contributed by atoms with Gasteiger partial charge in [0.1, 0.15) is 6.61 Å². The van der Waals surface area contributed by atoms with E-state index in [1.807, 2.05) is 0 Å². The van der Waals surface area contributed by atoms with Gasteiger partial charge in [-0.15, -0.1) is 0 Å². The molecule has 0 aromatic carbocycles. The zero-order valence-electron chi connectivity index (χ0n) is 41.4. The van der Waals surface area contributed by atoms with Gasteiger partial charge in [-0.1, -0.05) is 221 Å². The first-order valence-corrected chi connectivity index (χ1v) is 27.6. The molecular formula is C55H96NO8P. The first kappa shape index (κ1) is 62.2. The third kappa shape index (κ3) is 50.4. The third-order valence-electron chi connectivity index (χ3n) is 10.8. The first-order valence-electron chi connectivity index (χ1n) is 26.1. The average Bonchev–Trinajstić information content (AvgIpc) is 3.30. The molecule has 0 aromatic rings. The van der Waals surface area contributed by atoms with Crippen molar-refractivity contribution in [3.63, 3.8) is 0 Å². The number of ether oxygens (including phenoxy) is 2. The fourth-order valence-electron chi connectivity index (χ4n) is 6.97. The van der Waals surface area contributed by atoms with Crippen molar-refractivity contribution in [3.05, 3.63) is 85.1 Å². The smallest absolute Gasteiger partial charge is 0.462 e. The second kappa shape index (κ2) is 50.6. The van der Waals surface area contributed by atoms with E-state index in [-0.39, 0.29) is 38.6 Å². The SMILES string of the molecule is CC/C=C\C/C=C\C/C=C\C/C=C\C/C=C\C/C=C\C/C=C\CCCCCCCCCCCCCC(=O)OC(COC(=O)CCCCCCCCCCCCC)COP(=O)(O)OCCN. The van der Waals surface area contributed by atoms with Crippen molar-refractivity contribution in [2.45, 2.75) is 225 Å². The third-order valence-corrected chi connectivity index (χ3v) is 11.8. The van der Waals surface area contributed by atoms with Gasteiger partial charge in [0.05, 0.1) is 13.2 Å². The predicted octanol–water partition coefficient (Wildman–Crippen LogP) is 16.0. The fraction of sp³-hybridized carbons (Fsp3) is 0.709. The standard InChI is InChI=1S/C55H96NO8P/c1-3-5-7-9-11-13-15-16-17-18-19-20-21-22-23-24-25-26-27-28-29-30-31-32-33-34-35-36-38-40-42-44-46-48-55(58)64-53(52-63-65(59,60)62-50-49-56)51-61-54(57)47-45-43-41-39-37-14-12-10-8-6-4-2/h5,7,11,13,16-17,19-20,22-23,25-26,28-29,53H,3-4,6,8-10,12,14-15,18,21,24,27,30-52,56H2,1-2H3,(H,59,60)/b7-5-,13-11-,17-16-,20-19-,23-22-,26-25-,29-28-. The number of rotatable bonds is 48. The number of carbonyl (C=O) groups excluding carboxylic acids is 2. The van der Waals surface area contributed by atoms with Gasteiger partial charge < -0.3 is 20.1 Å². The molecule has 65 heavy (non-hydrogen) atoms. The molecule has 0 heterocycles. The van der Waals surface area contributed by atoms with Gasteiger partial charge in [-0.2, -0.15) is 0 Å². The Labute approximate surface area is 398 Å². The molecule has 0 rings (SSSR count). The molecule has 2 unspecified atom stereocenters. The maximum absolute atomic E-state index is 12.6. The second-order valence-corrected chi connectivity index (χ2v) is 18.5. The van der Waals surface area contributed by atoms with E-state index < -0.39 is 26.5 Å². The molecule has 0 aliphatic heterocycles. The summed E-state index contributed by atoms with van der Waals surface area (Å²) in [6.07, 6.45) is 64.9. The van der Waals surface area contributed by atoms with Crippen LogP contribution in [0.25, 0.3) is 0 Å². The summed E-state index contributed by atoms with van der Waals surface area (Å²) in [5.74, 6) is -0.832. The average molecular weight is 930 g/mol. The Hall–Kier alpha value is -2.81. The highest BCUT2D eigenvalue weighted by Crippen LogP contribution is 2.43. The van der Waals surface area contributed by atoms with Crippen LogP contribution < -0.4 is 5.73 Å². The molecule has 0 amide bonds. The van der Waals surface area contributed by atoms with E-state index in [4.69, 9.17) is 24.3 Å². The van der Waals surface area contributed by atoms with Crippen molar-refractivity contribution < 1.29 is 37.6 Å². The van der Waals surface area contributed by atoms with Crippen molar-refractivity contribution in [1.29, 1.82) is 0 Å². The van der Waals surface area contributed by atoms with E-state index >= 15 is 0 Å². The van der Waals surface area contributed by atoms with E-state index in [1.165, 1.54) is 96.3 Å². The lowest BCUT2D eigenvalue weighted by molar-refractivity contribution is -0.161. The molecule has 0 aromatic heterocycles. The quantitative estimate of drug-likeness (QED) is 0.0265. The van der Waals surface area contributed by atoms with Crippen LogP contribution in [0.2, 0.25) is 0 Å². The Morgan fingerprint density at radius 2 is 0.846 bits per heavy atom. The maximum Gasteiger partial charge on any atom is 0.472 e. The molecule has 0 saturated heterocycles. The zero-order chi connectivity index (χ0) is 47.4. The summed E-state index contributed by atoms with van der Waals surface area (Å²) in [6.45, 7) is 3.61. The van der Waals surface area contributed by atoms with Gasteiger partial charge in [-0.3, -0.25) is 18.6 Å². The highest BCUT2D eigenvalue weighted by Gasteiger charge is 2.26. The van der Waals surface area contributed by atoms with E-state index in [0.717, 1.165) is 89.9 Å². The Kier molecular flexibility index (Phi) is 48.4. The van der Waals surface area contributed by atoms with Crippen LogP contribution in [-0.2, 0) is 32.7 Å². The van der Waals surface area contributed by atoms with Gasteiger partial charge in [-0.05, 0) is 70.6 Å². The number of allylic oxidation sites excluding steroid dienone is 14. The molecule has 374 valence electrons. The van der Waals surface area contributed by atoms with E-state index in [0.29, 0.717) is 6.42 Å². The number of phosphoric acid groups is 1. The van der Waals surface area contributed by atoms with Gasteiger partial charge in [0.2, 0.25) is 0 Å². The van der Waals surface area contributed by atoms with Crippen molar-refractivity contribution in [1.82, 2.24) is 0 Å². The molecule has 0 radical (unpaired) electrons. The summed E-state index contributed by atoms with van der Waals surface area (Å²) in [4.78, 5) is 34.9. The molecule has 0 fully saturated rings. The van der Waals surface area contributed by atoms with E-state index in [1.54, 1.807) is 0 Å². The summed E-state index contributed by atoms with van der Waals surface area (Å²) >= 11 is 0. The molecular weight excluding hydrogens is 834 g/mol. The molecule has 10 heteroatoms. The minimum Gasteiger partial charge on any atom is -0.462 e. The molecule has 0 aliphatic rings. The number of hydrogen-bond donors (Lipinski definition) is 2. The van der Waals surface area contributed by atoms with Gasteiger partial charge in [0.15, 0.2) is 6.10 Å². The van der Waals surface area contributed by atoms with Gasteiger partial charge in [0, 0.05) is 19.4 Å². The van der Waals surface area contributed by atoms with Crippen LogP contribution in [-0.4, -0.2) is 49.3 Å². The molecule has 0 spiro atoms. The summed E-state index contributed by atoms with van der Waals surface area (Å²) in [5, 5.41) is 0. The highest BCUT2D eigenvalue weighted by atomic mass is 31.2. The minimum absolute atomic E-state index is 0.0509. The molecule has 0 aliphatic carbocycles. The lowest BCUT2D eigenvalue weighted by atomic mass is 10.0. The zero-order valence-corrected chi connectivity index (χ0v) is 42.3. The minimum atomic E-state index is -4.38. The van der Waals surface area contributed by atoms with Crippen LogP contribution in [0.1, 0.15) is 219 Å².